The van der Waals surface area contributed by atoms with E-state index in [1.54, 1.807) is 4.90 Å². The van der Waals surface area contributed by atoms with E-state index >= 15 is 0 Å². The smallest absolute Gasteiger partial charge is 0.322 e. The van der Waals surface area contributed by atoms with Crippen LogP contribution in [0.3, 0.4) is 0 Å². The molecule has 0 radical (unpaired) electrons. The Hall–Kier alpha value is -1.47. The molecular weight excluding hydrogens is 295 g/mol. The second-order valence-corrected chi connectivity index (χ2v) is 4.24. The number of anilines is 1. The molecule has 1 heterocycles. The molecule has 1 aromatic rings. The van der Waals surface area contributed by atoms with Crippen LogP contribution in [0.15, 0.2) is 24.3 Å². The molecule has 2 amide bonds. The maximum atomic E-state index is 12.4. The lowest BCUT2D eigenvalue weighted by atomic mass is 10.2. The van der Waals surface area contributed by atoms with Crippen molar-refractivity contribution < 1.29 is 18.0 Å². The van der Waals surface area contributed by atoms with Crippen molar-refractivity contribution in [2.24, 2.45) is 0 Å². The van der Waals surface area contributed by atoms with Crippen molar-refractivity contribution in [3.8, 4) is 0 Å². The molecule has 0 aliphatic carbocycles. The highest BCUT2D eigenvalue weighted by Crippen LogP contribution is 2.29. The van der Waals surface area contributed by atoms with E-state index < -0.39 is 11.7 Å². The minimum Gasteiger partial charge on any atom is -0.322 e. The maximum Gasteiger partial charge on any atom is 0.416 e. The summed E-state index contributed by atoms with van der Waals surface area (Å²) in [6.07, 6.45) is -4.36. The number of hydrogen-bond donors (Lipinski definition) is 2. The van der Waals surface area contributed by atoms with Gasteiger partial charge < -0.3 is 15.5 Å². The zero-order valence-electron chi connectivity index (χ0n) is 10.5. The summed E-state index contributed by atoms with van der Waals surface area (Å²) in [5, 5.41) is 5.69. The van der Waals surface area contributed by atoms with Crippen molar-refractivity contribution in [2.45, 2.75) is 6.18 Å². The number of benzene rings is 1. The molecule has 0 saturated carbocycles. The molecule has 0 spiro atoms. The van der Waals surface area contributed by atoms with Crippen molar-refractivity contribution in [3.63, 3.8) is 0 Å². The number of rotatable bonds is 1. The number of halogens is 4. The van der Waals surface area contributed by atoms with E-state index in [4.69, 9.17) is 0 Å². The molecule has 1 aliphatic rings. The van der Waals surface area contributed by atoms with Gasteiger partial charge in [0, 0.05) is 31.9 Å². The number of piperazine rings is 1. The number of nitrogens with zero attached hydrogens (tertiary/aromatic N) is 1. The van der Waals surface area contributed by atoms with Crippen LogP contribution in [-0.2, 0) is 6.18 Å². The van der Waals surface area contributed by atoms with Gasteiger partial charge in [-0.2, -0.15) is 13.2 Å². The van der Waals surface area contributed by atoms with Gasteiger partial charge in [-0.25, -0.2) is 4.79 Å². The van der Waals surface area contributed by atoms with Crippen LogP contribution in [0.2, 0.25) is 0 Å². The fourth-order valence-electron chi connectivity index (χ4n) is 1.81. The fourth-order valence-corrected chi connectivity index (χ4v) is 1.81. The van der Waals surface area contributed by atoms with Gasteiger partial charge in [0.05, 0.1) is 5.56 Å². The predicted octanol–water partition coefficient (Wildman–Crippen LogP) is 2.56. The van der Waals surface area contributed by atoms with Crippen molar-refractivity contribution in [1.82, 2.24) is 10.2 Å². The lowest BCUT2D eigenvalue weighted by molar-refractivity contribution is -0.137. The molecule has 2 N–H and O–H groups in total. The van der Waals surface area contributed by atoms with Gasteiger partial charge in [-0.15, -0.1) is 12.4 Å². The van der Waals surface area contributed by atoms with Crippen molar-refractivity contribution in [1.29, 1.82) is 0 Å². The topological polar surface area (TPSA) is 44.4 Å². The molecule has 4 nitrogen and oxygen atoms in total. The van der Waals surface area contributed by atoms with Crippen LogP contribution >= 0.6 is 12.4 Å². The van der Waals surface area contributed by atoms with Gasteiger partial charge in [-0.3, -0.25) is 0 Å². The molecule has 0 atom stereocenters. The van der Waals surface area contributed by atoms with Gasteiger partial charge >= 0.3 is 12.2 Å². The van der Waals surface area contributed by atoms with E-state index in [2.05, 4.69) is 10.6 Å². The summed E-state index contributed by atoms with van der Waals surface area (Å²) in [4.78, 5) is 13.4. The molecule has 20 heavy (non-hydrogen) atoms. The van der Waals surface area contributed by atoms with E-state index in [9.17, 15) is 18.0 Å². The molecule has 1 aromatic carbocycles. The number of carbonyl (C=O) groups is 1. The molecule has 8 heteroatoms. The Bertz CT molecular complexity index is 444. The Morgan fingerprint density at radius 3 is 2.20 bits per heavy atom. The Balaban J connectivity index is 0.00000200. The number of hydrogen-bond acceptors (Lipinski definition) is 2. The van der Waals surface area contributed by atoms with Crippen molar-refractivity contribution in [2.75, 3.05) is 31.5 Å². The van der Waals surface area contributed by atoms with Crippen LogP contribution in [0.4, 0.5) is 23.7 Å². The average molecular weight is 310 g/mol. The predicted molar refractivity (Wildman–Crippen MR) is 72.2 cm³/mol. The number of urea groups is 1. The fraction of sp³-hybridized carbons (Fsp3) is 0.417. The summed E-state index contributed by atoms with van der Waals surface area (Å²) in [7, 11) is 0. The Kier molecular flexibility index (Phi) is 5.64. The largest absolute Gasteiger partial charge is 0.416 e. The van der Waals surface area contributed by atoms with E-state index in [-0.39, 0.29) is 18.4 Å². The van der Waals surface area contributed by atoms with Crippen LogP contribution in [0.5, 0.6) is 0 Å². The van der Waals surface area contributed by atoms with Crippen molar-refractivity contribution >= 4 is 24.1 Å². The summed E-state index contributed by atoms with van der Waals surface area (Å²) in [6, 6.07) is 4.12. The molecule has 0 bridgehead atoms. The van der Waals surface area contributed by atoms with Gasteiger partial charge in [0.2, 0.25) is 0 Å². The highest BCUT2D eigenvalue weighted by Gasteiger charge is 2.30. The second-order valence-electron chi connectivity index (χ2n) is 4.24. The highest BCUT2D eigenvalue weighted by molar-refractivity contribution is 5.89. The SMILES string of the molecule is Cl.O=C(Nc1ccc(C(F)(F)F)cc1)N1CCNCC1. The summed E-state index contributed by atoms with van der Waals surface area (Å²) in [5.41, 5.74) is -0.371. The quantitative estimate of drug-likeness (QED) is 0.837. The minimum atomic E-state index is -4.36. The second kappa shape index (κ2) is 6.81. The molecule has 2 rings (SSSR count). The number of amides is 2. The zero-order valence-corrected chi connectivity index (χ0v) is 11.4. The molecule has 0 aromatic heterocycles. The molecular formula is C12H15ClF3N3O. The zero-order chi connectivity index (χ0) is 13.9. The number of nitrogens with one attached hydrogen (secondary N) is 2. The number of carbonyl (C=O) groups excluding carboxylic acids is 1. The van der Waals surface area contributed by atoms with Gasteiger partial charge in [0.15, 0.2) is 0 Å². The summed E-state index contributed by atoms with van der Waals surface area (Å²) in [5.74, 6) is 0. The normalized spacial score (nSPS) is 15.4. The van der Waals surface area contributed by atoms with Gasteiger partial charge in [-0.1, -0.05) is 0 Å². The highest BCUT2D eigenvalue weighted by atomic mass is 35.5. The molecule has 1 saturated heterocycles. The average Bonchev–Trinajstić information content (AvgIpc) is 2.39. The third-order valence-electron chi connectivity index (χ3n) is 2.87. The van der Waals surface area contributed by atoms with Crippen LogP contribution in [-0.4, -0.2) is 37.1 Å². The van der Waals surface area contributed by atoms with Crippen LogP contribution in [0.25, 0.3) is 0 Å². The molecule has 1 aliphatic heterocycles. The summed E-state index contributed by atoms with van der Waals surface area (Å²) in [6.45, 7) is 2.62. The minimum absolute atomic E-state index is 0. The van der Waals surface area contributed by atoms with E-state index in [0.717, 1.165) is 25.2 Å². The first-order valence-electron chi connectivity index (χ1n) is 5.91. The van der Waals surface area contributed by atoms with Crippen molar-refractivity contribution in [3.05, 3.63) is 29.8 Å². The first-order chi connectivity index (χ1) is 8.97. The Morgan fingerprint density at radius 1 is 1.15 bits per heavy atom. The first kappa shape index (κ1) is 16.6. The lowest BCUT2D eigenvalue weighted by Crippen LogP contribution is -2.48. The van der Waals surface area contributed by atoms with Gasteiger partial charge in [0.25, 0.3) is 0 Å². The van der Waals surface area contributed by atoms with E-state index in [1.807, 2.05) is 0 Å². The monoisotopic (exact) mass is 309 g/mol. The summed E-state index contributed by atoms with van der Waals surface area (Å²) >= 11 is 0. The standard InChI is InChI=1S/C12H14F3N3O.ClH/c13-12(14,15)9-1-3-10(4-2-9)17-11(19)18-7-5-16-6-8-18;/h1-4,16H,5-8H2,(H,17,19);1H. The Morgan fingerprint density at radius 2 is 1.70 bits per heavy atom. The number of alkyl halides is 3. The maximum absolute atomic E-state index is 12.4. The van der Waals surface area contributed by atoms with Crippen LogP contribution < -0.4 is 10.6 Å². The Labute approximate surface area is 120 Å². The third-order valence-corrected chi connectivity index (χ3v) is 2.87. The third kappa shape index (κ3) is 4.28. The van der Waals surface area contributed by atoms with Crippen LogP contribution in [0, 0.1) is 0 Å². The first-order valence-corrected chi connectivity index (χ1v) is 5.91. The van der Waals surface area contributed by atoms with E-state index in [1.165, 1.54) is 12.1 Å². The van der Waals surface area contributed by atoms with Gasteiger partial charge in [0.1, 0.15) is 0 Å². The lowest BCUT2D eigenvalue weighted by Gasteiger charge is -2.27. The van der Waals surface area contributed by atoms with Crippen LogP contribution in [0.1, 0.15) is 5.56 Å². The molecule has 112 valence electrons. The van der Waals surface area contributed by atoms with Gasteiger partial charge in [-0.05, 0) is 24.3 Å². The summed E-state index contributed by atoms with van der Waals surface area (Å²) < 4.78 is 37.1. The molecule has 1 fully saturated rings. The van der Waals surface area contributed by atoms with E-state index in [0.29, 0.717) is 18.8 Å². The molecule has 0 unspecified atom stereocenters.